The van der Waals surface area contributed by atoms with Crippen molar-refractivity contribution in [1.29, 1.82) is 0 Å². The van der Waals surface area contributed by atoms with Gasteiger partial charge in [0, 0.05) is 10.0 Å². The number of aromatic nitrogens is 1. The van der Waals surface area contributed by atoms with Crippen molar-refractivity contribution in [2.45, 2.75) is 32.5 Å². The highest BCUT2D eigenvalue weighted by atomic mass is 79.9. The largest absolute Gasteiger partial charge is 0.465 e. The summed E-state index contributed by atoms with van der Waals surface area (Å²) in [6.45, 7) is 5.22. The summed E-state index contributed by atoms with van der Waals surface area (Å²) in [7, 11) is 1.15. The van der Waals surface area contributed by atoms with E-state index >= 15 is 0 Å². The number of hydrogen-bond donors (Lipinski definition) is 1. The second-order valence-corrected chi connectivity index (χ2v) is 5.93. The van der Waals surface area contributed by atoms with Crippen LogP contribution < -0.4 is 5.32 Å². The number of anilines is 1. The van der Waals surface area contributed by atoms with E-state index in [1.807, 2.05) is 0 Å². The van der Waals surface area contributed by atoms with Gasteiger partial charge in [-0.05, 0) is 42.8 Å². The molecular formula is C12H14BrF3N2O2. The van der Waals surface area contributed by atoms with Crippen LogP contribution in [0.25, 0.3) is 0 Å². The molecule has 0 spiro atoms. The number of hydrogen-bond acceptors (Lipinski definition) is 4. The summed E-state index contributed by atoms with van der Waals surface area (Å²) < 4.78 is 42.8. The van der Waals surface area contributed by atoms with E-state index < -0.39 is 23.4 Å². The van der Waals surface area contributed by atoms with Crippen LogP contribution >= 0.6 is 15.9 Å². The van der Waals surface area contributed by atoms with Gasteiger partial charge in [-0.15, -0.1) is 0 Å². The van der Waals surface area contributed by atoms with E-state index in [1.165, 1.54) is 0 Å². The van der Waals surface area contributed by atoms with Crippen LogP contribution in [0.5, 0.6) is 0 Å². The first-order valence-electron chi connectivity index (χ1n) is 5.60. The molecule has 1 aromatic rings. The Morgan fingerprint density at radius 3 is 2.30 bits per heavy atom. The van der Waals surface area contributed by atoms with Gasteiger partial charge in [-0.3, -0.25) is 0 Å². The number of pyridine rings is 1. The molecule has 0 atom stereocenters. The molecule has 1 N–H and O–H groups in total. The van der Waals surface area contributed by atoms with Crippen LogP contribution in [0.2, 0.25) is 0 Å². The lowest BCUT2D eigenvalue weighted by atomic mass is 10.1. The minimum absolute atomic E-state index is 0.0673. The minimum atomic E-state index is -4.62. The molecule has 0 saturated heterocycles. The molecule has 112 valence electrons. The van der Waals surface area contributed by atoms with Crippen molar-refractivity contribution in [1.82, 2.24) is 4.98 Å². The standard InChI is InChI=1S/C12H14BrF3N2O2/c1-11(2,3)18-9-6(10(19)20-4)5-7(13)8(17-9)12(14,15)16/h5H,1-4H3,(H,17,18). The Hall–Kier alpha value is -1.31. The van der Waals surface area contributed by atoms with Gasteiger partial charge >= 0.3 is 12.1 Å². The number of ether oxygens (including phenoxy) is 1. The number of esters is 1. The first-order chi connectivity index (χ1) is 8.95. The molecule has 0 amide bonds. The van der Waals surface area contributed by atoms with E-state index in [-0.39, 0.29) is 15.9 Å². The average molecular weight is 355 g/mol. The van der Waals surface area contributed by atoms with Gasteiger partial charge in [0.1, 0.15) is 11.4 Å². The normalized spacial score (nSPS) is 12.2. The number of halogens is 4. The summed E-state index contributed by atoms with van der Waals surface area (Å²) in [4.78, 5) is 15.1. The fourth-order valence-corrected chi connectivity index (χ4v) is 1.95. The minimum Gasteiger partial charge on any atom is -0.465 e. The predicted octanol–water partition coefficient (Wildman–Crippen LogP) is 3.86. The van der Waals surface area contributed by atoms with Crippen LogP contribution in [-0.2, 0) is 10.9 Å². The molecule has 0 unspecified atom stereocenters. The molecule has 0 aliphatic rings. The second-order valence-electron chi connectivity index (χ2n) is 5.08. The molecule has 0 bridgehead atoms. The van der Waals surface area contributed by atoms with Gasteiger partial charge in [0.15, 0.2) is 5.69 Å². The summed E-state index contributed by atoms with van der Waals surface area (Å²) in [5, 5.41) is 2.77. The Morgan fingerprint density at radius 2 is 1.90 bits per heavy atom. The van der Waals surface area contributed by atoms with Crippen LogP contribution in [0.1, 0.15) is 36.8 Å². The van der Waals surface area contributed by atoms with Gasteiger partial charge in [0.25, 0.3) is 0 Å². The van der Waals surface area contributed by atoms with E-state index in [0.29, 0.717) is 0 Å². The topological polar surface area (TPSA) is 51.2 Å². The van der Waals surface area contributed by atoms with E-state index in [9.17, 15) is 18.0 Å². The fourth-order valence-electron chi connectivity index (χ4n) is 1.40. The molecule has 0 aliphatic carbocycles. The fraction of sp³-hybridized carbons (Fsp3) is 0.500. The van der Waals surface area contributed by atoms with Crippen LogP contribution in [0.3, 0.4) is 0 Å². The molecule has 1 aromatic heterocycles. The van der Waals surface area contributed by atoms with Crippen molar-refractivity contribution in [3.63, 3.8) is 0 Å². The zero-order chi connectivity index (χ0) is 15.7. The maximum absolute atomic E-state index is 12.8. The lowest BCUT2D eigenvalue weighted by Crippen LogP contribution is -2.29. The van der Waals surface area contributed by atoms with Crippen molar-refractivity contribution in [2.75, 3.05) is 12.4 Å². The molecule has 0 fully saturated rings. The molecule has 0 aliphatic heterocycles. The Kier molecular flexibility index (Phi) is 4.68. The molecule has 8 heteroatoms. The van der Waals surface area contributed by atoms with E-state index in [1.54, 1.807) is 20.8 Å². The highest BCUT2D eigenvalue weighted by Gasteiger charge is 2.37. The third-order valence-electron chi connectivity index (χ3n) is 2.14. The lowest BCUT2D eigenvalue weighted by molar-refractivity contribution is -0.141. The SMILES string of the molecule is COC(=O)c1cc(Br)c(C(F)(F)F)nc1NC(C)(C)C. The Morgan fingerprint density at radius 1 is 1.35 bits per heavy atom. The summed E-state index contributed by atoms with van der Waals surface area (Å²) in [5.41, 5.74) is -1.73. The van der Waals surface area contributed by atoms with E-state index in [4.69, 9.17) is 0 Å². The quantitative estimate of drug-likeness (QED) is 0.819. The van der Waals surface area contributed by atoms with Gasteiger partial charge in [-0.2, -0.15) is 13.2 Å². The van der Waals surface area contributed by atoms with Crippen LogP contribution in [0.15, 0.2) is 10.5 Å². The molecule has 0 aromatic carbocycles. The van der Waals surface area contributed by atoms with Crippen molar-refractivity contribution in [2.24, 2.45) is 0 Å². The number of alkyl halides is 3. The number of nitrogens with zero attached hydrogens (tertiary/aromatic N) is 1. The second kappa shape index (κ2) is 5.59. The molecule has 1 heterocycles. The van der Waals surface area contributed by atoms with Gasteiger partial charge in [-0.25, -0.2) is 9.78 Å². The van der Waals surface area contributed by atoms with Crippen molar-refractivity contribution in [3.05, 3.63) is 21.8 Å². The molecule has 20 heavy (non-hydrogen) atoms. The first-order valence-corrected chi connectivity index (χ1v) is 6.39. The summed E-state index contributed by atoms with van der Waals surface area (Å²) in [5.74, 6) is -0.932. The average Bonchev–Trinajstić information content (AvgIpc) is 2.26. The summed E-state index contributed by atoms with van der Waals surface area (Å²) in [6.07, 6.45) is -4.62. The number of carbonyl (C=O) groups excluding carboxylic acids is 1. The third-order valence-corrected chi connectivity index (χ3v) is 2.75. The molecule has 1 rings (SSSR count). The van der Waals surface area contributed by atoms with Gasteiger partial charge in [0.05, 0.1) is 7.11 Å². The maximum atomic E-state index is 12.8. The zero-order valence-corrected chi connectivity index (χ0v) is 12.9. The smallest absolute Gasteiger partial charge is 0.434 e. The van der Waals surface area contributed by atoms with Crippen molar-refractivity contribution >= 4 is 27.7 Å². The molecule has 0 saturated carbocycles. The summed E-state index contributed by atoms with van der Waals surface area (Å²) in [6, 6.07) is 1.05. The first kappa shape index (κ1) is 16.7. The van der Waals surface area contributed by atoms with E-state index in [2.05, 4.69) is 31.0 Å². The molecule has 0 radical (unpaired) electrons. The Labute approximate surface area is 122 Å². The number of methoxy groups -OCH3 is 1. The highest BCUT2D eigenvalue weighted by Crippen LogP contribution is 2.36. The van der Waals surface area contributed by atoms with Crippen LogP contribution in [0.4, 0.5) is 19.0 Å². The van der Waals surface area contributed by atoms with Crippen molar-refractivity contribution in [3.8, 4) is 0 Å². The Balaban J connectivity index is 3.46. The Bertz CT molecular complexity index is 525. The van der Waals surface area contributed by atoms with E-state index in [0.717, 1.165) is 13.2 Å². The lowest BCUT2D eigenvalue weighted by Gasteiger charge is -2.23. The number of rotatable bonds is 2. The molecular weight excluding hydrogens is 341 g/mol. The zero-order valence-electron chi connectivity index (χ0n) is 11.4. The van der Waals surface area contributed by atoms with Crippen molar-refractivity contribution < 1.29 is 22.7 Å². The highest BCUT2D eigenvalue weighted by molar-refractivity contribution is 9.10. The van der Waals surface area contributed by atoms with Gasteiger partial charge < -0.3 is 10.1 Å². The summed E-state index contributed by atoms with van der Waals surface area (Å²) >= 11 is 2.78. The monoisotopic (exact) mass is 354 g/mol. The number of carbonyl (C=O) groups is 1. The third kappa shape index (κ3) is 4.09. The van der Waals surface area contributed by atoms with Gasteiger partial charge in [-0.1, -0.05) is 0 Å². The van der Waals surface area contributed by atoms with Crippen LogP contribution in [0, 0.1) is 0 Å². The maximum Gasteiger partial charge on any atom is 0.434 e. The van der Waals surface area contributed by atoms with Crippen LogP contribution in [-0.4, -0.2) is 23.6 Å². The van der Waals surface area contributed by atoms with Gasteiger partial charge in [0.2, 0.25) is 0 Å². The number of nitrogens with one attached hydrogen (secondary N) is 1. The molecule has 4 nitrogen and oxygen atoms in total. The predicted molar refractivity (Wildman–Crippen MR) is 71.7 cm³/mol.